The van der Waals surface area contributed by atoms with Gasteiger partial charge in [-0.3, -0.25) is 4.90 Å². The highest BCUT2D eigenvalue weighted by Gasteiger charge is 2.25. The third-order valence-corrected chi connectivity index (χ3v) is 2.27. The summed E-state index contributed by atoms with van der Waals surface area (Å²) in [6.07, 6.45) is 0. The summed E-state index contributed by atoms with van der Waals surface area (Å²) >= 11 is 0. The molecular weight excluding hydrogens is 178 g/mol. The molecule has 0 unspecified atom stereocenters. The Morgan fingerprint density at radius 1 is 1.36 bits per heavy atom. The third-order valence-electron chi connectivity index (χ3n) is 2.27. The van der Waals surface area contributed by atoms with Gasteiger partial charge in [-0.1, -0.05) is 6.92 Å². The molecule has 1 heterocycles. The molecule has 0 aromatic carbocycles. The first-order chi connectivity index (χ1) is 6.42. The summed E-state index contributed by atoms with van der Waals surface area (Å²) in [4.78, 5) is 15.8. The highest BCUT2D eigenvalue weighted by atomic mass is 16.2. The lowest BCUT2D eigenvalue weighted by atomic mass is 10.1. The molecule has 0 radical (unpaired) electrons. The van der Waals surface area contributed by atoms with Gasteiger partial charge in [0.15, 0.2) is 0 Å². The van der Waals surface area contributed by atoms with Crippen LogP contribution in [-0.4, -0.2) is 47.7 Å². The van der Waals surface area contributed by atoms with Crippen LogP contribution in [0.4, 0.5) is 4.79 Å². The van der Waals surface area contributed by atoms with E-state index in [2.05, 4.69) is 17.1 Å². The summed E-state index contributed by atoms with van der Waals surface area (Å²) in [6, 6.07) is 0.0495. The van der Waals surface area contributed by atoms with E-state index in [0.29, 0.717) is 0 Å². The van der Waals surface area contributed by atoms with Gasteiger partial charge >= 0.3 is 6.03 Å². The molecule has 0 saturated carbocycles. The molecule has 14 heavy (non-hydrogen) atoms. The molecule has 1 saturated heterocycles. The number of carbonyl (C=O) groups excluding carboxylic acids is 1. The number of rotatable bonds is 1. The maximum Gasteiger partial charge on any atom is 0.318 e. The Bertz CT molecular complexity index is 210. The molecule has 0 aromatic rings. The fourth-order valence-corrected chi connectivity index (χ4v) is 1.47. The Balaban J connectivity index is 2.40. The van der Waals surface area contributed by atoms with E-state index >= 15 is 0 Å². The number of hydrogen-bond acceptors (Lipinski definition) is 2. The second kappa shape index (κ2) is 4.17. The molecule has 82 valence electrons. The van der Waals surface area contributed by atoms with E-state index in [-0.39, 0.29) is 11.6 Å². The van der Waals surface area contributed by atoms with Crippen molar-refractivity contribution < 1.29 is 4.79 Å². The molecular formula is C10H21N3O. The van der Waals surface area contributed by atoms with E-state index in [1.54, 1.807) is 0 Å². The molecule has 1 rings (SSSR count). The van der Waals surface area contributed by atoms with Crippen molar-refractivity contribution in [2.75, 3.05) is 26.3 Å². The number of amides is 2. The molecule has 0 aromatic heterocycles. The minimum atomic E-state index is -0.142. The zero-order valence-electron chi connectivity index (χ0n) is 9.63. The van der Waals surface area contributed by atoms with Gasteiger partial charge in [0, 0.05) is 18.6 Å². The average molecular weight is 199 g/mol. The number of urea groups is 1. The van der Waals surface area contributed by atoms with Gasteiger partial charge in [-0.05, 0) is 27.3 Å². The zero-order chi connectivity index (χ0) is 10.8. The van der Waals surface area contributed by atoms with Crippen molar-refractivity contribution in [2.45, 2.75) is 33.2 Å². The van der Waals surface area contributed by atoms with Gasteiger partial charge in [-0.15, -0.1) is 0 Å². The van der Waals surface area contributed by atoms with Crippen molar-refractivity contribution in [3.8, 4) is 0 Å². The van der Waals surface area contributed by atoms with Gasteiger partial charge in [0.05, 0.1) is 6.67 Å². The van der Waals surface area contributed by atoms with Crippen LogP contribution in [-0.2, 0) is 0 Å². The summed E-state index contributed by atoms with van der Waals surface area (Å²) in [5, 5.41) is 2.97. The Hall–Kier alpha value is -0.770. The minimum absolute atomic E-state index is 0.0495. The third kappa shape index (κ3) is 3.18. The van der Waals surface area contributed by atoms with Crippen molar-refractivity contribution in [1.29, 1.82) is 0 Å². The molecule has 1 N–H and O–H groups in total. The Kier molecular flexibility index (Phi) is 3.37. The fraction of sp³-hybridized carbons (Fsp3) is 0.900. The fourth-order valence-electron chi connectivity index (χ4n) is 1.47. The van der Waals surface area contributed by atoms with E-state index in [0.717, 1.165) is 26.3 Å². The van der Waals surface area contributed by atoms with Gasteiger partial charge in [0.2, 0.25) is 0 Å². The average Bonchev–Trinajstić information content (AvgIpc) is 2.48. The van der Waals surface area contributed by atoms with Crippen molar-refractivity contribution in [3.63, 3.8) is 0 Å². The zero-order valence-corrected chi connectivity index (χ0v) is 9.63. The molecule has 2 amide bonds. The highest BCUT2D eigenvalue weighted by Crippen LogP contribution is 2.06. The summed E-state index contributed by atoms with van der Waals surface area (Å²) < 4.78 is 0. The molecule has 0 aliphatic carbocycles. The summed E-state index contributed by atoms with van der Waals surface area (Å²) in [7, 11) is 0. The summed E-state index contributed by atoms with van der Waals surface area (Å²) in [6.45, 7) is 11.7. The predicted octanol–water partition coefficient (Wildman–Crippen LogP) is 1.09. The first kappa shape index (κ1) is 11.3. The molecule has 1 aliphatic heterocycles. The van der Waals surface area contributed by atoms with Crippen molar-refractivity contribution >= 4 is 6.03 Å². The number of likely N-dealkylation sites (N-methyl/N-ethyl adjacent to an activating group) is 1. The Morgan fingerprint density at radius 3 is 2.43 bits per heavy atom. The second-order valence-corrected chi connectivity index (χ2v) is 4.80. The van der Waals surface area contributed by atoms with Crippen LogP contribution in [0.15, 0.2) is 0 Å². The van der Waals surface area contributed by atoms with Crippen LogP contribution in [0.3, 0.4) is 0 Å². The molecule has 0 atom stereocenters. The number of carbonyl (C=O) groups is 1. The van der Waals surface area contributed by atoms with E-state index in [1.807, 2.05) is 25.7 Å². The van der Waals surface area contributed by atoms with E-state index in [4.69, 9.17) is 0 Å². The SMILES string of the molecule is CCN1CCN(C(=O)NC(C)(C)C)C1. The van der Waals surface area contributed by atoms with E-state index < -0.39 is 0 Å². The van der Waals surface area contributed by atoms with Crippen LogP contribution in [0.2, 0.25) is 0 Å². The van der Waals surface area contributed by atoms with Crippen LogP contribution < -0.4 is 5.32 Å². The van der Waals surface area contributed by atoms with E-state index in [9.17, 15) is 4.79 Å². The monoisotopic (exact) mass is 199 g/mol. The topological polar surface area (TPSA) is 35.6 Å². The van der Waals surface area contributed by atoms with Crippen molar-refractivity contribution in [3.05, 3.63) is 0 Å². The molecule has 4 nitrogen and oxygen atoms in total. The second-order valence-electron chi connectivity index (χ2n) is 4.80. The molecule has 0 spiro atoms. The van der Waals surface area contributed by atoms with Crippen LogP contribution in [0.1, 0.15) is 27.7 Å². The van der Waals surface area contributed by atoms with Crippen LogP contribution in [0.5, 0.6) is 0 Å². The molecule has 1 aliphatic rings. The maximum absolute atomic E-state index is 11.7. The maximum atomic E-state index is 11.7. The van der Waals surface area contributed by atoms with Gasteiger partial charge in [0.1, 0.15) is 0 Å². The minimum Gasteiger partial charge on any atom is -0.333 e. The van der Waals surface area contributed by atoms with Crippen LogP contribution >= 0.6 is 0 Å². The Morgan fingerprint density at radius 2 is 2.00 bits per heavy atom. The lowest BCUT2D eigenvalue weighted by Crippen LogP contribution is -2.48. The highest BCUT2D eigenvalue weighted by molar-refractivity contribution is 5.75. The van der Waals surface area contributed by atoms with Crippen molar-refractivity contribution in [1.82, 2.24) is 15.1 Å². The molecule has 1 fully saturated rings. The van der Waals surface area contributed by atoms with Crippen LogP contribution in [0, 0.1) is 0 Å². The predicted molar refractivity (Wildman–Crippen MR) is 57.1 cm³/mol. The number of nitrogens with one attached hydrogen (secondary N) is 1. The van der Waals surface area contributed by atoms with Crippen molar-refractivity contribution in [2.24, 2.45) is 0 Å². The quantitative estimate of drug-likeness (QED) is 0.686. The molecule has 4 heteroatoms. The standard InChI is InChI=1S/C10H21N3O/c1-5-12-6-7-13(8-12)9(14)11-10(2,3)4/h5-8H2,1-4H3,(H,11,14). The Labute approximate surface area is 86.2 Å². The molecule has 0 bridgehead atoms. The largest absolute Gasteiger partial charge is 0.333 e. The first-order valence-corrected chi connectivity index (χ1v) is 5.22. The summed E-state index contributed by atoms with van der Waals surface area (Å²) in [5.74, 6) is 0. The normalized spacial score (nSPS) is 18.7. The number of hydrogen-bond donors (Lipinski definition) is 1. The lowest BCUT2D eigenvalue weighted by Gasteiger charge is -2.25. The summed E-state index contributed by atoms with van der Waals surface area (Å²) in [5.41, 5.74) is -0.142. The lowest BCUT2D eigenvalue weighted by molar-refractivity contribution is 0.188. The number of nitrogens with zero attached hydrogens (tertiary/aromatic N) is 2. The van der Waals surface area contributed by atoms with Gasteiger partial charge in [0.25, 0.3) is 0 Å². The smallest absolute Gasteiger partial charge is 0.318 e. The van der Waals surface area contributed by atoms with E-state index in [1.165, 1.54) is 0 Å². The van der Waals surface area contributed by atoms with Crippen LogP contribution in [0.25, 0.3) is 0 Å². The first-order valence-electron chi connectivity index (χ1n) is 5.22. The van der Waals surface area contributed by atoms with Gasteiger partial charge < -0.3 is 10.2 Å². The van der Waals surface area contributed by atoms with Gasteiger partial charge in [-0.2, -0.15) is 0 Å². The van der Waals surface area contributed by atoms with Gasteiger partial charge in [-0.25, -0.2) is 4.79 Å².